The monoisotopic (exact) mass is 330 g/mol. The fraction of sp³-hybridized carbons (Fsp3) is 0.111. The Morgan fingerprint density at radius 3 is 1.29 bits per heavy atom. The summed E-state index contributed by atoms with van der Waals surface area (Å²) in [5, 5.41) is 0. The highest BCUT2D eigenvalue weighted by atomic mass is 35.5. The maximum absolute atomic E-state index is 6.76. The SMILES string of the molecule is C[Si]1(C)C(Cl)=C(c2ccccc2)C(c2ccccc2)=C1Cl. The number of allylic oxidation sites excluding steroid dienone is 2. The summed E-state index contributed by atoms with van der Waals surface area (Å²) in [5.74, 6) is 0. The molecule has 0 spiro atoms. The van der Waals surface area contributed by atoms with E-state index in [4.69, 9.17) is 23.2 Å². The fourth-order valence-electron chi connectivity index (χ4n) is 2.69. The topological polar surface area (TPSA) is 0 Å². The molecule has 1 aliphatic rings. The zero-order valence-electron chi connectivity index (χ0n) is 12.0. The third-order valence-corrected chi connectivity index (χ3v) is 9.82. The van der Waals surface area contributed by atoms with Crippen molar-refractivity contribution < 1.29 is 0 Å². The Labute approximate surface area is 136 Å². The lowest BCUT2D eigenvalue weighted by atomic mass is 9.95. The van der Waals surface area contributed by atoms with Crippen LogP contribution in [0.2, 0.25) is 13.1 Å². The first kappa shape index (κ1) is 14.6. The highest BCUT2D eigenvalue weighted by Gasteiger charge is 2.41. The summed E-state index contributed by atoms with van der Waals surface area (Å²) >= 11 is 13.5. The summed E-state index contributed by atoms with van der Waals surface area (Å²) in [7, 11) is -1.95. The van der Waals surface area contributed by atoms with E-state index in [2.05, 4.69) is 37.4 Å². The van der Waals surface area contributed by atoms with Crippen molar-refractivity contribution in [2.24, 2.45) is 0 Å². The van der Waals surface area contributed by atoms with Gasteiger partial charge in [0.15, 0.2) is 0 Å². The quantitative estimate of drug-likeness (QED) is 0.584. The van der Waals surface area contributed by atoms with E-state index in [1.165, 1.54) is 0 Å². The summed E-state index contributed by atoms with van der Waals surface area (Å²) in [6.45, 7) is 4.41. The second-order valence-electron chi connectivity index (χ2n) is 5.74. The van der Waals surface area contributed by atoms with Gasteiger partial charge in [-0.25, -0.2) is 0 Å². The highest BCUT2D eigenvalue weighted by Crippen LogP contribution is 2.51. The molecule has 21 heavy (non-hydrogen) atoms. The molecule has 0 fully saturated rings. The van der Waals surface area contributed by atoms with E-state index < -0.39 is 8.07 Å². The molecule has 1 heterocycles. The summed E-state index contributed by atoms with van der Waals surface area (Å²) in [4.78, 5) is 0. The van der Waals surface area contributed by atoms with Crippen molar-refractivity contribution in [3.8, 4) is 0 Å². The standard InChI is InChI=1S/C18H16Cl2Si/c1-21(2)17(19)15(13-9-5-3-6-10-13)16(18(21)20)14-11-7-4-8-12-14/h3-12H,1-2H3. The first-order chi connectivity index (χ1) is 10.0. The smallest absolute Gasteiger partial charge is 0.0931 e. The number of hydrogen-bond acceptors (Lipinski definition) is 0. The van der Waals surface area contributed by atoms with Crippen LogP contribution in [0.3, 0.4) is 0 Å². The Balaban J connectivity index is 2.27. The normalized spacial score (nSPS) is 17.5. The van der Waals surface area contributed by atoms with Crippen LogP contribution in [0.5, 0.6) is 0 Å². The van der Waals surface area contributed by atoms with Gasteiger partial charge < -0.3 is 0 Å². The first-order valence-corrected chi connectivity index (χ1v) is 10.7. The van der Waals surface area contributed by atoms with Gasteiger partial charge in [-0.15, -0.1) is 0 Å². The van der Waals surface area contributed by atoms with Crippen LogP contribution in [0.1, 0.15) is 11.1 Å². The van der Waals surface area contributed by atoms with Gasteiger partial charge in [0.25, 0.3) is 0 Å². The largest absolute Gasteiger partial charge is 0.142 e. The minimum absolute atomic E-state index is 0.942. The van der Waals surface area contributed by atoms with Crippen LogP contribution >= 0.6 is 23.2 Å². The molecule has 0 saturated heterocycles. The van der Waals surface area contributed by atoms with Crippen molar-refractivity contribution >= 4 is 42.4 Å². The molecule has 0 aromatic heterocycles. The van der Waals surface area contributed by atoms with Crippen LogP contribution in [-0.2, 0) is 0 Å². The Bertz CT molecular complexity index is 665. The van der Waals surface area contributed by atoms with E-state index in [0.717, 1.165) is 31.6 Å². The number of rotatable bonds is 2. The van der Waals surface area contributed by atoms with Crippen molar-refractivity contribution in [3.05, 3.63) is 81.1 Å². The second kappa shape index (κ2) is 5.49. The summed E-state index contributed by atoms with van der Waals surface area (Å²) < 4.78 is 1.88. The molecule has 0 bridgehead atoms. The van der Waals surface area contributed by atoms with E-state index in [0.29, 0.717) is 0 Å². The predicted molar refractivity (Wildman–Crippen MR) is 95.9 cm³/mol. The molecule has 3 heteroatoms. The Kier molecular flexibility index (Phi) is 3.83. The lowest BCUT2D eigenvalue weighted by Crippen LogP contribution is -2.25. The molecule has 0 aliphatic carbocycles. The molecule has 3 rings (SSSR count). The molecular weight excluding hydrogens is 315 g/mol. The van der Waals surface area contributed by atoms with Gasteiger partial charge in [-0.2, -0.15) is 0 Å². The fourth-order valence-corrected chi connectivity index (χ4v) is 5.79. The maximum Gasteiger partial charge on any atom is 0.142 e. The molecule has 0 atom stereocenters. The van der Waals surface area contributed by atoms with Crippen molar-refractivity contribution in [3.63, 3.8) is 0 Å². The Hall–Kier alpha value is -1.28. The van der Waals surface area contributed by atoms with Crippen molar-refractivity contribution in [1.82, 2.24) is 0 Å². The van der Waals surface area contributed by atoms with Crippen LogP contribution < -0.4 is 0 Å². The van der Waals surface area contributed by atoms with E-state index in [1.807, 2.05) is 36.4 Å². The van der Waals surface area contributed by atoms with Crippen LogP contribution in [-0.4, -0.2) is 8.07 Å². The minimum atomic E-state index is -1.95. The van der Waals surface area contributed by atoms with E-state index in [1.54, 1.807) is 0 Å². The van der Waals surface area contributed by atoms with Crippen molar-refractivity contribution in [2.75, 3.05) is 0 Å². The van der Waals surface area contributed by atoms with Gasteiger partial charge >= 0.3 is 0 Å². The molecule has 0 saturated carbocycles. The number of benzene rings is 2. The lowest BCUT2D eigenvalue weighted by Gasteiger charge is -2.16. The molecule has 2 aromatic carbocycles. The average Bonchev–Trinajstić information content (AvgIpc) is 2.69. The molecule has 0 radical (unpaired) electrons. The third kappa shape index (κ3) is 2.40. The van der Waals surface area contributed by atoms with Gasteiger partial charge in [0, 0.05) is 20.5 Å². The highest BCUT2D eigenvalue weighted by molar-refractivity contribution is 7.06. The maximum atomic E-state index is 6.76. The van der Waals surface area contributed by atoms with Gasteiger partial charge in [0.2, 0.25) is 0 Å². The van der Waals surface area contributed by atoms with Gasteiger partial charge in [0.1, 0.15) is 8.07 Å². The molecule has 106 valence electrons. The van der Waals surface area contributed by atoms with Gasteiger partial charge in [0.05, 0.1) is 0 Å². The van der Waals surface area contributed by atoms with Crippen molar-refractivity contribution in [1.29, 1.82) is 0 Å². The average molecular weight is 331 g/mol. The lowest BCUT2D eigenvalue weighted by molar-refractivity contribution is 1.59. The minimum Gasteiger partial charge on any atom is -0.0931 e. The van der Waals surface area contributed by atoms with Crippen LogP contribution in [0.25, 0.3) is 11.1 Å². The van der Waals surface area contributed by atoms with Crippen LogP contribution in [0.15, 0.2) is 70.0 Å². The number of halogens is 2. The van der Waals surface area contributed by atoms with E-state index in [-0.39, 0.29) is 0 Å². The zero-order chi connectivity index (χ0) is 15.0. The van der Waals surface area contributed by atoms with Crippen molar-refractivity contribution in [2.45, 2.75) is 13.1 Å². The molecular formula is C18H16Cl2Si. The third-order valence-electron chi connectivity index (χ3n) is 3.91. The van der Waals surface area contributed by atoms with E-state index >= 15 is 0 Å². The van der Waals surface area contributed by atoms with Crippen LogP contribution in [0, 0.1) is 0 Å². The number of hydrogen-bond donors (Lipinski definition) is 0. The molecule has 0 N–H and O–H groups in total. The van der Waals surface area contributed by atoms with Gasteiger partial charge in [-0.05, 0) is 11.1 Å². The van der Waals surface area contributed by atoms with Gasteiger partial charge in [-0.1, -0.05) is 97.0 Å². The molecule has 0 nitrogen and oxygen atoms in total. The van der Waals surface area contributed by atoms with Crippen LogP contribution in [0.4, 0.5) is 0 Å². The van der Waals surface area contributed by atoms with Gasteiger partial charge in [-0.3, -0.25) is 0 Å². The second-order valence-corrected chi connectivity index (χ2v) is 11.4. The molecule has 1 aliphatic heterocycles. The Morgan fingerprint density at radius 1 is 0.619 bits per heavy atom. The molecule has 2 aromatic rings. The summed E-state index contributed by atoms with van der Waals surface area (Å²) in [6.07, 6.45) is 0. The first-order valence-electron chi connectivity index (χ1n) is 6.95. The van der Waals surface area contributed by atoms with E-state index in [9.17, 15) is 0 Å². The summed E-state index contributed by atoms with van der Waals surface area (Å²) in [6, 6.07) is 20.6. The summed E-state index contributed by atoms with van der Waals surface area (Å²) in [5.41, 5.74) is 4.48. The molecule has 0 amide bonds. The predicted octanol–water partition coefficient (Wildman–Crippen LogP) is 6.09. The Morgan fingerprint density at radius 2 is 0.952 bits per heavy atom. The molecule has 0 unspecified atom stereocenters. The zero-order valence-corrected chi connectivity index (χ0v) is 14.5.